The van der Waals surface area contributed by atoms with Crippen molar-refractivity contribution < 1.29 is 0 Å². The second-order valence-electron chi connectivity index (χ2n) is 3.38. The maximum absolute atomic E-state index is 2.32. The van der Waals surface area contributed by atoms with E-state index in [-0.39, 0.29) is 0 Å². The summed E-state index contributed by atoms with van der Waals surface area (Å²) in [6.45, 7) is 2.12. The molecule has 0 spiro atoms. The zero-order valence-corrected chi connectivity index (χ0v) is 10.2. The Morgan fingerprint density at radius 2 is 1.57 bits per heavy atom. The molecule has 0 amide bonds. The number of benzene rings is 2. The highest BCUT2D eigenvalue weighted by Gasteiger charge is 1.96. The Morgan fingerprint density at radius 3 is 2.21 bits per heavy atom. The summed E-state index contributed by atoms with van der Waals surface area (Å²) >= 11 is 2.32. The van der Waals surface area contributed by atoms with Gasteiger partial charge in [-0.1, -0.05) is 42.0 Å². The van der Waals surface area contributed by atoms with E-state index in [1.165, 1.54) is 20.3 Å². The van der Waals surface area contributed by atoms with Crippen molar-refractivity contribution in [1.82, 2.24) is 0 Å². The lowest BCUT2D eigenvalue weighted by molar-refractivity contribution is 1.46. The van der Waals surface area contributed by atoms with Crippen LogP contribution < -0.4 is 0 Å². The van der Waals surface area contributed by atoms with Crippen LogP contribution in [0.5, 0.6) is 0 Å². The zero-order valence-electron chi connectivity index (χ0n) is 8.00. The summed E-state index contributed by atoms with van der Waals surface area (Å²) in [6, 6.07) is 17.2. The highest BCUT2D eigenvalue weighted by molar-refractivity contribution is 14.1. The van der Waals surface area contributed by atoms with Crippen LogP contribution in [0.1, 0.15) is 5.56 Å². The summed E-state index contributed by atoms with van der Waals surface area (Å²) in [7, 11) is 0. The molecule has 1 heteroatoms. The molecule has 0 aliphatic heterocycles. The molecule has 2 rings (SSSR count). The minimum atomic E-state index is 1.28. The van der Waals surface area contributed by atoms with E-state index in [0.29, 0.717) is 0 Å². The number of halogens is 1. The van der Waals surface area contributed by atoms with E-state index in [1.807, 2.05) is 0 Å². The van der Waals surface area contributed by atoms with Crippen molar-refractivity contribution in [2.45, 2.75) is 6.92 Å². The molecule has 0 heterocycles. The average molecular weight is 294 g/mol. The van der Waals surface area contributed by atoms with E-state index < -0.39 is 0 Å². The largest absolute Gasteiger partial charge is 0.0614 e. The Balaban J connectivity index is 2.44. The first-order valence-electron chi connectivity index (χ1n) is 4.58. The summed E-state index contributed by atoms with van der Waals surface area (Å²) < 4.78 is 1.28. The molecule has 0 aromatic heterocycles. The van der Waals surface area contributed by atoms with Crippen LogP contribution in [0.15, 0.2) is 48.5 Å². The van der Waals surface area contributed by atoms with Crippen molar-refractivity contribution >= 4 is 22.6 Å². The molecule has 14 heavy (non-hydrogen) atoms. The normalized spacial score (nSPS) is 10.1. The fourth-order valence-electron chi connectivity index (χ4n) is 1.47. The van der Waals surface area contributed by atoms with Gasteiger partial charge in [-0.3, -0.25) is 0 Å². The molecule has 0 saturated heterocycles. The van der Waals surface area contributed by atoms with Gasteiger partial charge in [-0.05, 0) is 52.8 Å². The number of hydrogen-bond acceptors (Lipinski definition) is 0. The number of rotatable bonds is 1. The fourth-order valence-corrected chi connectivity index (χ4v) is 1.83. The van der Waals surface area contributed by atoms with Crippen LogP contribution in [0.4, 0.5) is 0 Å². The average Bonchev–Trinajstić information content (AvgIpc) is 2.19. The van der Waals surface area contributed by atoms with Gasteiger partial charge < -0.3 is 0 Å². The predicted octanol–water partition coefficient (Wildman–Crippen LogP) is 4.27. The highest BCUT2D eigenvalue weighted by Crippen LogP contribution is 2.21. The lowest BCUT2D eigenvalue weighted by Gasteiger charge is -2.02. The minimum Gasteiger partial charge on any atom is -0.0614 e. The molecule has 2 aromatic carbocycles. The minimum absolute atomic E-state index is 1.28. The summed E-state index contributed by atoms with van der Waals surface area (Å²) in [5.74, 6) is 0. The Labute approximate surface area is 98.1 Å². The second-order valence-corrected chi connectivity index (χ2v) is 4.62. The van der Waals surface area contributed by atoms with Crippen LogP contribution >= 0.6 is 22.6 Å². The van der Waals surface area contributed by atoms with Crippen LogP contribution in [0, 0.1) is 10.5 Å². The second kappa shape index (κ2) is 4.13. The molecule has 0 nitrogen and oxygen atoms in total. The monoisotopic (exact) mass is 294 g/mol. The van der Waals surface area contributed by atoms with Gasteiger partial charge in [0.25, 0.3) is 0 Å². The van der Waals surface area contributed by atoms with Crippen LogP contribution in [0.2, 0.25) is 0 Å². The van der Waals surface area contributed by atoms with Crippen molar-refractivity contribution in [3.8, 4) is 11.1 Å². The molecule has 0 bridgehead atoms. The Morgan fingerprint density at radius 1 is 0.857 bits per heavy atom. The van der Waals surface area contributed by atoms with Gasteiger partial charge in [0, 0.05) is 3.57 Å². The third-order valence-electron chi connectivity index (χ3n) is 2.20. The predicted molar refractivity (Wildman–Crippen MR) is 69.3 cm³/mol. The van der Waals surface area contributed by atoms with Crippen molar-refractivity contribution in [3.05, 3.63) is 57.7 Å². The Bertz CT molecular complexity index is 429. The standard InChI is InChI=1S/C13H11I/c1-10-3-2-4-12(9-10)11-5-7-13(14)8-6-11/h2-9H,1H3. The van der Waals surface area contributed by atoms with E-state index >= 15 is 0 Å². The topological polar surface area (TPSA) is 0 Å². The molecule has 0 N–H and O–H groups in total. The highest BCUT2D eigenvalue weighted by atomic mass is 127. The van der Waals surface area contributed by atoms with E-state index in [9.17, 15) is 0 Å². The quantitative estimate of drug-likeness (QED) is 0.689. The molecule has 2 aromatic rings. The van der Waals surface area contributed by atoms with Gasteiger partial charge in [0.1, 0.15) is 0 Å². The third kappa shape index (κ3) is 2.15. The first kappa shape index (κ1) is 9.71. The van der Waals surface area contributed by atoms with E-state index in [1.54, 1.807) is 0 Å². The smallest absolute Gasteiger partial charge is 0.0130 e. The molecule has 0 aliphatic rings. The zero-order chi connectivity index (χ0) is 9.97. The first-order chi connectivity index (χ1) is 6.75. The molecule has 0 radical (unpaired) electrons. The van der Waals surface area contributed by atoms with Crippen LogP contribution in [-0.2, 0) is 0 Å². The number of aryl methyl sites for hydroxylation is 1. The maximum atomic E-state index is 2.32. The third-order valence-corrected chi connectivity index (χ3v) is 2.91. The summed E-state index contributed by atoms with van der Waals surface area (Å²) in [6.07, 6.45) is 0. The van der Waals surface area contributed by atoms with Crippen LogP contribution in [-0.4, -0.2) is 0 Å². The molecule has 0 unspecified atom stereocenters. The van der Waals surface area contributed by atoms with Crippen molar-refractivity contribution in [1.29, 1.82) is 0 Å². The summed E-state index contributed by atoms with van der Waals surface area (Å²) in [5, 5.41) is 0. The Kier molecular flexibility index (Phi) is 2.87. The van der Waals surface area contributed by atoms with E-state index in [4.69, 9.17) is 0 Å². The van der Waals surface area contributed by atoms with Gasteiger partial charge in [0.05, 0.1) is 0 Å². The van der Waals surface area contributed by atoms with Gasteiger partial charge in [-0.15, -0.1) is 0 Å². The van der Waals surface area contributed by atoms with E-state index in [2.05, 4.69) is 78.0 Å². The SMILES string of the molecule is Cc1cccc(-c2ccc(I)cc2)c1. The Hall–Kier alpha value is -0.830. The van der Waals surface area contributed by atoms with Crippen molar-refractivity contribution in [2.24, 2.45) is 0 Å². The number of hydrogen-bond donors (Lipinski definition) is 0. The maximum Gasteiger partial charge on any atom is 0.0130 e. The van der Waals surface area contributed by atoms with Gasteiger partial charge in [0.15, 0.2) is 0 Å². The van der Waals surface area contributed by atoms with Gasteiger partial charge in [-0.2, -0.15) is 0 Å². The van der Waals surface area contributed by atoms with Crippen LogP contribution in [0.3, 0.4) is 0 Å². The molecule has 0 fully saturated rings. The molecule has 0 saturated carbocycles. The summed E-state index contributed by atoms with van der Waals surface area (Å²) in [5.41, 5.74) is 3.89. The lowest BCUT2D eigenvalue weighted by Crippen LogP contribution is -1.79. The molecular formula is C13H11I. The van der Waals surface area contributed by atoms with E-state index in [0.717, 1.165) is 0 Å². The van der Waals surface area contributed by atoms with Gasteiger partial charge >= 0.3 is 0 Å². The molecular weight excluding hydrogens is 283 g/mol. The van der Waals surface area contributed by atoms with Gasteiger partial charge in [-0.25, -0.2) is 0 Å². The molecule has 70 valence electrons. The lowest BCUT2D eigenvalue weighted by atomic mass is 10.0. The molecule has 0 aliphatic carbocycles. The van der Waals surface area contributed by atoms with Crippen LogP contribution in [0.25, 0.3) is 11.1 Å². The van der Waals surface area contributed by atoms with Crippen molar-refractivity contribution in [2.75, 3.05) is 0 Å². The fraction of sp³-hybridized carbons (Fsp3) is 0.0769. The summed E-state index contributed by atoms with van der Waals surface area (Å²) in [4.78, 5) is 0. The molecule has 0 atom stereocenters. The van der Waals surface area contributed by atoms with Crippen molar-refractivity contribution in [3.63, 3.8) is 0 Å². The first-order valence-corrected chi connectivity index (χ1v) is 5.66. The van der Waals surface area contributed by atoms with Gasteiger partial charge in [0.2, 0.25) is 0 Å².